The van der Waals surface area contributed by atoms with Crippen LogP contribution in [-0.2, 0) is 0 Å². The number of aliphatic hydroxyl groups excluding tert-OH is 2. The molecule has 1 aromatic carbocycles. The average Bonchev–Trinajstić information content (AvgIpc) is 2.57. The molecule has 2 N–H and O–H groups in total. The molecule has 1 aliphatic rings. The Morgan fingerprint density at radius 2 is 2.00 bits per heavy atom. The van der Waals surface area contributed by atoms with Crippen LogP contribution in [-0.4, -0.2) is 22.4 Å². The van der Waals surface area contributed by atoms with Gasteiger partial charge in [0.2, 0.25) is 0 Å². The van der Waals surface area contributed by atoms with E-state index in [-0.39, 0.29) is 6.10 Å². The summed E-state index contributed by atoms with van der Waals surface area (Å²) < 4.78 is 19.0. The predicted octanol–water partition coefficient (Wildman–Crippen LogP) is 2.95. The van der Waals surface area contributed by atoms with E-state index in [1.54, 1.807) is 6.92 Å². The third kappa shape index (κ3) is 3.67. The first-order chi connectivity index (χ1) is 9.08. The smallest absolute Gasteiger partial charge is 0.125 e. The molecule has 3 atom stereocenters. The van der Waals surface area contributed by atoms with E-state index >= 15 is 0 Å². The Hall–Kier alpha value is -1.13. The van der Waals surface area contributed by atoms with Gasteiger partial charge in [0, 0.05) is 5.56 Å². The molecule has 0 spiro atoms. The summed E-state index contributed by atoms with van der Waals surface area (Å²) in [6.45, 7) is 1.57. The van der Waals surface area contributed by atoms with Crippen LogP contribution in [0.2, 0.25) is 0 Å². The van der Waals surface area contributed by atoms with Crippen molar-refractivity contribution >= 4 is 0 Å². The van der Waals surface area contributed by atoms with Gasteiger partial charge in [-0.3, -0.25) is 0 Å². The second kappa shape index (κ2) is 6.35. The van der Waals surface area contributed by atoms with Crippen molar-refractivity contribution < 1.29 is 19.3 Å². The Labute approximate surface area is 113 Å². The maximum Gasteiger partial charge on any atom is 0.125 e. The molecule has 0 aromatic heterocycles. The van der Waals surface area contributed by atoms with Gasteiger partial charge in [-0.2, -0.15) is 0 Å². The molecule has 106 valence electrons. The van der Waals surface area contributed by atoms with Gasteiger partial charge >= 0.3 is 0 Å². The van der Waals surface area contributed by atoms with Gasteiger partial charge in [-0.15, -0.1) is 0 Å². The maximum absolute atomic E-state index is 13.2. The number of aliphatic hydroxyl groups is 2. The molecule has 1 saturated carbocycles. The van der Waals surface area contributed by atoms with Gasteiger partial charge < -0.3 is 14.9 Å². The number of hydrogen-bond donors (Lipinski definition) is 2. The third-order valence-electron chi connectivity index (χ3n) is 3.62. The monoisotopic (exact) mass is 268 g/mol. The van der Waals surface area contributed by atoms with Crippen molar-refractivity contribution in [2.45, 2.75) is 57.3 Å². The third-order valence-corrected chi connectivity index (χ3v) is 3.62. The molecule has 4 heteroatoms. The van der Waals surface area contributed by atoms with E-state index < -0.39 is 18.0 Å². The Bertz CT molecular complexity index is 420. The zero-order valence-electron chi connectivity index (χ0n) is 11.2. The molecule has 0 amide bonds. The van der Waals surface area contributed by atoms with E-state index in [1.165, 1.54) is 18.2 Å². The van der Waals surface area contributed by atoms with Crippen molar-refractivity contribution in [1.29, 1.82) is 0 Å². The van der Waals surface area contributed by atoms with E-state index in [2.05, 4.69) is 0 Å². The lowest BCUT2D eigenvalue weighted by Gasteiger charge is -2.24. The molecule has 0 saturated heterocycles. The minimum atomic E-state index is -0.798. The van der Waals surface area contributed by atoms with Crippen LogP contribution in [0.5, 0.6) is 5.75 Å². The molecule has 2 rings (SSSR count). The van der Waals surface area contributed by atoms with Crippen LogP contribution in [0.25, 0.3) is 0 Å². The molecule has 19 heavy (non-hydrogen) atoms. The summed E-state index contributed by atoms with van der Waals surface area (Å²) in [5.74, 6) is 0.0621. The number of benzene rings is 1. The summed E-state index contributed by atoms with van der Waals surface area (Å²) >= 11 is 0. The van der Waals surface area contributed by atoms with E-state index in [4.69, 9.17) is 4.74 Å². The molecule has 1 aromatic rings. The van der Waals surface area contributed by atoms with Crippen molar-refractivity contribution in [3.63, 3.8) is 0 Å². The highest BCUT2D eigenvalue weighted by Gasteiger charge is 2.24. The topological polar surface area (TPSA) is 49.7 Å². The molecule has 0 bridgehead atoms. The Morgan fingerprint density at radius 1 is 1.26 bits per heavy atom. The van der Waals surface area contributed by atoms with Crippen molar-refractivity contribution in [3.8, 4) is 5.75 Å². The van der Waals surface area contributed by atoms with Crippen molar-refractivity contribution in [1.82, 2.24) is 0 Å². The predicted molar refractivity (Wildman–Crippen MR) is 70.5 cm³/mol. The first-order valence-corrected chi connectivity index (χ1v) is 6.90. The van der Waals surface area contributed by atoms with Gasteiger partial charge in [-0.05, 0) is 44.4 Å². The highest BCUT2D eigenvalue weighted by atomic mass is 19.1. The summed E-state index contributed by atoms with van der Waals surface area (Å²) in [5.41, 5.74) is 0.427. The quantitative estimate of drug-likeness (QED) is 0.829. The normalized spacial score (nSPS) is 25.7. The average molecular weight is 268 g/mol. The Morgan fingerprint density at radius 3 is 2.74 bits per heavy atom. The zero-order valence-corrected chi connectivity index (χ0v) is 11.2. The van der Waals surface area contributed by atoms with Crippen LogP contribution in [0, 0.1) is 5.82 Å². The molecule has 0 aliphatic heterocycles. The standard InChI is InChI=1S/C15H21FO3/c1-10(17)12-9-11(16)7-8-14(12)19-15-6-4-2-3-5-13(15)18/h7-10,13,15,17-18H,2-6H2,1H3. The number of halogens is 1. The highest BCUT2D eigenvalue weighted by Crippen LogP contribution is 2.29. The largest absolute Gasteiger partial charge is 0.487 e. The van der Waals surface area contributed by atoms with E-state index in [0.29, 0.717) is 11.3 Å². The van der Waals surface area contributed by atoms with Gasteiger partial charge in [-0.25, -0.2) is 4.39 Å². The fourth-order valence-electron chi connectivity index (χ4n) is 2.51. The molecular formula is C15H21FO3. The minimum absolute atomic E-state index is 0.273. The van der Waals surface area contributed by atoms with E-state index in [1.807, 2.05) is 0 Å². The lowest BCUT2D eigenvalue weighted by atomic mass is 10.1. The van der Waals surface area contributed by atoms with Crippen LogP contribution in [0.4, 0.5) is 4.39 Å². The number of hydrogen-bond acceptors (Lipinski definition) is 3. The van der Waals surface area contributed by atoms with Crippen LogP contribution >= 0.6 is 0 Å². The zero-order chi connectivity index (χ0) is 13.8. The van der Waals surface area contributed by atoms with Crippen LogP contribution in [0.15, 0.2) is 18.2 Å². The number of ether oxygens (including phenoxy) is 1. The van der Waals surface area contributed by atoms with Gasteiger partial charge in [0.05, 0.1) is 12.2 Å². The second-order valence-corrected chi connectivity index (χ2v) is 5.22. The fraction of sp³-hybridized carbons (Fsp3) is 0.600. The van der Waals surface area contributed by atoms with Crippen molar-refractivity contribution in [2.75, 3.05) is 0 Å². The first kappa shape index (κ1) is 14.3. The lowest BCUT2D eigenvalue weighted by Crippen LogP contribution is -2.30. The molecule has 3 unspecified atom stereocenters. The lowest BCUT2D eigenvalue weighted by molar-refractivity contribution is 0.0299. The van der Waals surface area contributed by atoms with Crippen LogP contribution in [0.3, 0.4) is 0 Å². The maximum atomic E-state index is 13.2. The summed E-state index contributed by atoms with van der Waals surface area (Å²) in [6.07, 6.45) is 3.09. The van der Waals surface area contributed by atoms with Gasteiger partial charge in [0.1, 0.15) is 17.7 Å². The molecule has 3 nitrogen and oxygen atoms in total. The van der Waals surface area contributed by atoms with Crippen LogP contribution in [0.1, 0.15) is 50.7 Å². The summed E-state index contributed by atoms with van der Waals surface area (Å²) in [5, 5.41) is 19.7. The number of rotatable bonds is 3. The van der Waals surface area contributed by atoms with Gasteiger partial charge in [0.15, 0.2) is 0 Å². The summed E-state index contributed by atoms with van der Waals surface area (Å²) in [7, 11) is 0. The molecule has 1 fully saturated rings. The van der Waals surface area contributed by atoms with Crippen LogP contribution < -0.4 is 4.74 Å². The SMILES string of the molecule is CC(O)c1cc(F)ccc1OC1CCCCCC1O. The van der Waals surface area contributed by atoms with E-state index in [9.17, 15) is 14.6 Å². The van der Waals surface area contributed by atoms with Crippen molar-refractivity contribution in [2.24, 2.45) is 0 Å². The molecular weight excluding hydrogens is 247 g/mol. The van der Waals surface area contributed by atoms with E-state index in [0.717, 1.165) is 32.1 Å². The molecule has 0 radical (unpaired) electrons. The van der Waals surface area contributed by atoms with Crippen molar-refractivity contribution in [3.05, 3.63) is 29.6 Å². The molecule has 1 aliphatic carbocycles. The molecule has 0 heterocycles. The highest BCUT2D eigenvalue weighted by molar-refractivity contribution is 5.35. The second-order valence-electron chi connectivity index (χ2n) is 5.22. The summed E-state index contributed by atoms with van der Waals surface area (Å²) in [6, 6.07) is 4.11. The van der Waals surface area contributed by atoms with Gasteiger partial charge in [0.25, 0.3) is 0 Å². The Balaban J connectivity index is 2.17. The fourth-order valence-corrected chi connectivity index (χ4v) is 2.51. The minimum Gasteiger partial charge on any atom is -0.487 e. The van der Waals surface area contributed by atoms with Gasteiger partial charge in [-0.1, -0.05) is 12.8 Å². The first-order valence-electron chi connectivity index (χ1n) is 6.90. The summed E-state index contributed by atoms with van der Waals surface area (Å²) in [4.78, 5) is 0. The Kier molecular flexibility index (Phi) is 4.77.